The Bertz CT molecular complexity index is 463. The van der Waals surface area contributed by atoms with Crippen molar-refractivity contribution in [1.29, 1.82) is 0 Å². The van der Waals surface area contributed by atoms with Gasteiger partial charge >= 0.3 is 0 Å². The van der Waals surface area contributed by atoms with Crippen molar-refractivity contribution in [3.8, 4) is 0 Å². The van der Waals surface area contributed by atoms with Crippen LogP contribution in [0.1, 0.15) is 23.2 Å². The molecule has 5 heteroatoms. The zero-order valence-electron chi connectivity index (χ0n) is 10.5. The van der Waals surface area contributed by atoms with Crippen LogP contribution in [0.4, 0.5) is 0 Å². The van der Waals surface area contributed by atoms with Crippen molar-refractivity contribution in [2.75, 3.05) is 26.8 Å². The first-order chi connectivity index (χ1) is 8.66. The van der Waals surface area contributed by atoms with Crippen molar-refractivity contribution in [2.24, 2.45) is 5.92 Å². The average Bonchev–Trinajstić information content (AvgIpc) is 2.39. The molecule has 5 nitrogen and oxygen atoms in total. The number of nitrogens with one attached hydrogen (secondary N) is 1. The molecule has 2 heterocycles. The van der Waals surface area contributed by atoms with E-state index in [-0.39, 0.29) is 11.5 Å². The van der Waals surface area contributed by atoms with Gasteiger partial charge in [-0.3, -0.25) is 9.59 Å². The number of hydrogen-bond donors (Lipinski definition) is 1. The summed E-state index contributed by atoms with van der Waals surface area (Å²) in [5.74, 6) is 0.279. The molecule has 1 aliphatic heterocycles. The smallest absolute Gasteiger partial charge is 0.253 e. The summed E-state index contributed by atoms with van der Waals surface area (Å²) in [5.41, 5.74) is 0.174. The van der Waals surface area contributed by atoms with E-state index in [9.17, 15) is 9.59 Å². The number of aromatic nitrogens is 1. The zero-order valence-corrected chi connectivity index (χ0v) is 10.5. The predicted octanol–water partition coefficient (Wildman–Crippen LogP) is 0.873. The number of nitrogens with zero attached hydrogens (tertiary/aromatic N) is 1. The molecule has 18 heavy (non-hydrogen) atoms. The molecule has 0 aliphatic carbocycles. The molecular weight excluding hydrogens is 232 g/mol. The first-order valence-electron chi connectivity index (χ1n) is 6.19. The van der Waals surface area contributed by atoms with Gasteiger partial charge in [0.15, 0.2) is 0 Å². The molecular formula is C13H18N2O3. The molecule has 98 valence electrons. The van der Waals surface area contributed by atoms with Crippen LogP contribution in [0.5, 0.6) is 0 Å². The minimum absolute atomic E-state index is 0.119. The Hall–Kier alpha value is -1.62. The molecule has 1 aromatic heterocycles. The molecule has 1 unspecified atom stereocenters. The van der Waals surface area contributed by atoms with E-state index in [1.165, 1.54) is 12.3 Å². The third kappa shape index (κ3) is 3.20. The monoisotopic (exact) mass is 250 g/mol. The van der Waals surface area contributed by atoms with Crippen LogP contribution in [0, 0.1) is 5.92 Å². The van der Waals surface area contributed by atoms with E-state index in [1.54, 1.807) is 18.0 Å². The van der Waals surface area contributed by atoms with Gasteiger partial charge in [0.1, 0.15) is 0 Å². The topological polar surface area (TPSA) is 62.4 Å². The molecule has 2 rings (SSSR count). The molecule has 0 radical (unpaired) electrons. The summed E-state index contributed by atoms with van der Waals surface area (Å²) in [6.45, 7) is 2.21. The zero-order chi connectivity index (χ0) is 13.0. The van der Waals surface area contributed by atoms with E-state index in [0.29, 0.717) is 24.6 Å². The molecule has 0 aromatic carbocycles. The van der Waals surface area contributed by atoms with Gasteiger partial charge in [0.25, 0.3) is 5.91 Å². The highest BCUT2D eigenvalue weighted by molar-refractivity contribution is 5.93. The lowest BCUT2D eigenvalue weighted by Crippen LogP contribution is -2.35. The maximum atomic E-state index is 12.1. The second-order valence-electron chi connectivity index (χ2n) is 4.71. The highest BCUT2D eigenvalue weighted by Gasteiger charge is 2.19. The minimum atomic E-state index is -0.254. The van der Waals surface area contributed by atoms with Crippen molar-refractivity contribution in [2.45, 2.75) is 12.8 Å². The van der Waals surface area contributed by atoms with E-state index in [0.717, 1.165) is 19.4 Å². The molecule has 1 amide bonds. The van der Waals surface area contributed by atoms with Crippen molar-refractivity contribution >= 4 is 5.91 Å². The van der Waals surface area contributed by atoms with Gasteiger partial charge in [0, 0.05) is 38.0 Å². The van der Waals surface area contributed by atoms with E-state index in [4.69, 9.17) is 4.74 Å². The summed E-state index contributed by atoms with van der Waals surface area (Å²) in [6.07, 6.45) is 3.64. The van der Waals surface area contributed by atoms with Gasteiger partial charge in [-0.25, -0.2) is 0 Å². The fraction of sp³-hybridized carbons (Fsp3) is 0.538. The maximum Gasteiger partial charge on any atom is 0.253 e. The number of pyridine rings is 1. The standard InChI is InChI=1S/C13H18N2O3/c1-15(8-10-3-2-6-18-9-10)13(17)11-4-5-14-12(16)7-11/h4-5,7,10H,2-3,6,8-9H2,1H3,(H,14,16). The summed E-state index contributed by atoms with van der Waals surface area (Å²) in [7, 11) is 1.76. The van der Waals surface area contributed by atoms with Crippen LogP contribution in [0.3, 0.4) is 0 Å². The van der Waals surface area contributed by atoms with Gasteiger partial charge < -0.3 is 14.6 Å². The summed E-state index contributed by atoms with van der Waals surface area (Å²) < 4.78 is 5.39. The van der Waals surface area contributed by atoms with E-state index < -0.39 is 0 Å². The first kappa shape index (κ1) is 12.8. The largest absolute Gasteiger partial charge is 0.381 e. The Balaban J connectivity index is 1.97. The lowest BCUT2D eigenvalue weighted by atomic mass is 10.0. The molecule has 1 fully saturated rings. The Morgan fingerprint density at radius 3 is 3.11 bits per heavy atom. The van der Waals surface area contributed by atoms with Gasteiger partial charge in [-0.15, -0.1) is 0 Å². The van der Waals surface area contributed by atoms with Crippen LogP contribution in [-0.2, 0) is 4.74 Å². The van der Waals surface area contributed by atoms with Gasteiger partial charge in [-0.2, -0.15) is 0 Å². The summed E-state index contributed by atoms with van der Waals surface area (Å²) in [4.78, 5) is 27.4. The van der Waals surface area contributed by atoms with Gasteiger partial charge in [0.2, 0.25) is 5.56 Å². The number of carbonyl (C=O) groups excluding carboxylic acids is 1. The molecule has 1 aliphatic rings. The molecule has 1 N–H and O–H groups in total. The van der Waals surface area contributed by atoms with Crippen LogP contribution in [0.15, 0.2) is 23.1 Å². The summed E-state index contributed by atoms with van der Waals surface area (Å²) in [5, 5.41) is 0. The molecule has 1 saturated heterocycles. The van der Waals surface area contributed by atoms with Crippen molar-refractivity contribution < 1.29 is 9.53 Å². The Labute approximate surface area is 106 Å². The molecule has 0 saturated carbocycles. The maximum absolute atomic E-state index is 12.1. The SMILES string of the molecule is CN(CC1CCCOC1)C(=O)c1cc[nH]c(=O)c1. The number of rotatable bonds is 3. The van der Waals surface area contributed by atoms with Gasteiger partial charge in [-0.05, 0) is 24.8 Å². The number of H-pyrrole nitrogens is 1. The quantitative estimate of drug-likeness (QED) is 0.866. The first-order valence-corrected chi connectivity index (χ1v) is 6.19. The molecule has 1 atom stereocenters. The second kappa shape index (κ2) is 5.82. The number of aromatic amines is 1. The van der Waals surface area contributed by atoms with Crippen LogP contribution in [0.2, 0.25) is 0 Å². The van der Waals surface area contributed by atoms with E-state index in [1.807, 2.05) is 0 Å². The Kier molecular flexibility index (Phi) is 4.15. The highest BCUT2D eigenvalue weighted by Crippen LogP contribution is 2.15. The van der Waals surface area contributed by atoms with E-state index >= 15 is 0 Å². The van der Waals surface area contributed by atoms with Crippen molar-refractivity contribution in [3.63, 3.8) is 0 Å². The fourth-order valence-electron chi connectivity index (χ4n) is 2.22. The fourth-order valence-corrected chi connectivity index (χ4v) is 2.22. The number of amides is 1. The van der Waals surface area contributed by atoms with Crippen molar-refractivity contribution in [3.05, 3.63) is 34.2 Å². The number of ether oxygens (including phenoxy) is 1. The summed E-state index contributed by atoms with van der Waals surface area (Å²) in [6, 6.07) is 2.95. The van der Waals surface area contributed by atoms with Crippen LogP contribution in [-0.4, -0.2) is 42.6 Å². The van der Waals surface area contributed by atoms with Crippen LogP contribution in [0.25, 0.3) is 0 Å². The van der Waals surface area contributed by atoms with Crippen LogP contribution < -0.4 is 5.56 Å². The van der Waals surface area contributed by atoms with E-state index in [2.05, 4.69) is 4.98 Å². The Morgan fingerprint density at radius 1 is 1.61 bits per heavy atom. The Morgan fingerprint density at radius 2 is 2.44 bits per heavy atom. The average molecular weight is 250 g/mol. The lowest BCUT2D eigenvalue weighted by molar-refractivity contribution is 0.0388. The predicted molar refractivity (Wildman–Crippen MR) is 67.6 cm³/mol. The summed E-state index contributed by atoms with van der Waals surface area (Å²) >= 11 is 0. The molecule has 1 aromatic rings. The van der Waals surface area contributed by atoms with Gasteiger partial charge in [0.05, 0.1) is 6.61 Å². The number of hydrogen-bond acceptors (Lipinski definition) is 3. The molecule has 0 spiro atoms. The number of carbonyl (C=O) groups is 1. The third-order valence-corrected chi connectivity index (χ3v) is 3.16. The third-order valence-electron chi connectivity index (χ3n) is 3.16. The van der Waals surface area contributed by atoms with Crippen LogP contribution >= 0.6 is 0 Å². The normalized spacial score (nSPS) is 19.5. The second-order valence-corrected chi connectivity index (χ2v) is 4.71. The minimum Gasteiger partial charge on any atom is -0.381 e. The van der Waals surface area contributed by atoms with Crippen molar-refractivity contribution in [1.82, 2.24) is 9.88 Å². The lowest BCUT2D eigenvalue weighted by Gasteiger charge is -2.27. The molecule has 0 bridgehead atoms. The highest BCUT2D eigenvalue weighted by atomic mass is 16.5. The van der Waals surface area contributed by atoms with Gasteiger partial charge in [-0.1, -0.05) is 0 Å².